The molecule has 3 aromatic rings. The van der Waals surface area contributed by atoms with Crippen molar-refractivity contribution in [1.29, 1.82) is 0 Å². The molecule has 1 N–H and O–H groups in total. The van der Waals surface area contributed by atoms with Gasteiger partial charge < -0.3 is 9.84 Å². The predicted octanol–water partition coefficient (Wildman–Crippen LogP) is 4.36. The maximum atomic E-state index is 13.0. The number of hydrogen-bond acceptors (Lipinski definition) is 5. The number of amides is 1. The number of nitrogens with one attached hydrogen (secondary N) is 1. The number of rotatable bonds is 6. The Morgan fingerprint density at radius 3 is 2.54 bits per heavy atom. The third kappa shape index (κ3) is 4.49. The minimum atomic E-state index is -0.317. The zero-order chi connectivity index (χ0) is 18.5. The molecule has 1 heterocycles. The zero-order valence-corrected chi connectivity index (χ0v) is 15.3. The van der Waals surface area contributed by atoms with E-state index in [0.717, 1.165) is 16.8 Å². The van der Waals surface area contributed by atoms with Crippen molar-refractivity contribution in [3.8, 4) is 11.4 Å². The van der Waals surface area contributed by atoms with Gasteiger partial charge in [-0.3, -0.25) is 4.79 Å². The number of anilines is 1. The van der Waals surface area contributed by atoms with Gasteiger partial charge in [0.1, 0.15) is 5.82 Å². The first-order chi connectivity index (χ1) is 12.5. The Kier molecular flexibility index (Phi) is 5.68. The fraction of sp³-hybridized carbons (Fsp3) is 0.211. The molecule has 0 radical (unpaired) electrons. The molecule has 134 valence electrons. The number of halogens is 1. The van der Waals surface area contributed by atoms with E-state index in [9.17, 15) is 9.18 Å². The van der Waals surface area contributed by atoms with Crippen molar-refractivity contribution in [3.63, 3.8) is 0 Å². The molecule has 0 atom stereocenters. The Bertz CT molecular complexity index is 889. The molecule has 2 aromatic carbocycles. The second kappa shape index (κ2) is 8.14. The molecule has 3 rings (SSSR count). The fourth-order valence-corrected chi connectivity index (χ4v) is 3.10. The number of carbonyl (C=O) groups is 1. The summed E-state index contributed by atoms with van der Waals surface area (Å²) >= 11 is 1.39. The Balaban J connectivity index is 1.52. The van der Waals surface area contributed by atoms with Crippen molar-refractivity contribution in [1.82, 2.24) is 10.1 Å². The number of nitrogens with zero attached hydrogens (tertiary/aromatic N) is 2. The maximum Gasteiger partial charge on any atom is 0.236 e. The van der Waals surface area contributed by atoms with Gasteiger partial charge in [0, 0.05) is 11.3 Å². The molecule has 1 aromatic heterocycles. The van der Waals surface area contributed by atoms with E-state index in [2.05, 4.69) is 15.5 Å². The van der Waals surface area contributed by atoms with Gasteiger partial charge in [-0.2, -0.15) is 4.98 Å². The SMILES string of the molecule is Cc1cccc(C)c1NC(=O)CSCc1nc(-c2ccc(F)cc2)no1. The van der Waals surface area contributed by atoms with Crippen LogP contribution >= 0.6 is 11.8 Å². The summed E-state index contributed by atoms with van der Waals surface area (Å²) in [6.45, 7) is 3.93. The number of aromatic nitrogens is 2. The second-order valence-electron chi connectivity index (χ2n) is 5.83. The van der Waals surface area contributed by atoms with Crippen molar-refractivity contribution >= 4 is 23.4 Å². The van der Waals surface area contributed by atoms with Crippen molar-refractivity contribution in [2.45, 2.75) is 19.6 Å². The first-order valence-electron chi connectivity index (χ1n) is 8.05. The normalized spacial score (nSPS) is 10.7. The standard InChI is InChI=1S/C19H18FN3O2S/c1-12-4-3-5-13(2)18(12)21-16(24)10-26-11-17-22-19(23-25-17)14-6-8-15(20)9-7-14/h3-9H,10-11H2,1-2H3,(H,21,24). The monoisotopic (exact) mass is 371 g/mol. The van der Waals surface area contributed by atoms with Crippen molar-refractivity contribution in [2.24, 2.45) is 0 Å². The highest BCUT2D eigenvalue weighted by Crippen LogP contribution is 2.21. The van der Waals surface area contributed by atoms with E-state index in [1.165, 1.54) is 23.9 Å². The third-order valence-electron chi connectivity index (χ3n) is 3.77. The lowest BCUT2D eigenvalue weighted by Gasteiger charge is -2.10. The molecular formula is C19H18FN3O2S. The highest BCUT2D eigenvalue weighted by atomic mass is 32.2. The summed E-state index contributed by atoms with van der Waals surface area (Å²) in [6, 6.07) is 11.8. The van der Waals surface area contributed by atoms with Gasteiger partial charge in [-0.25, -0.2) is 4.39 Å². The van der Waals surface area contributed by atoms with Crippen LogP contribution in [0.25, 0.3) is 11.4 Å². The number of aryl methyl sites for hydroxylation is 2. The number of benzene rings is 2. The van der Waals surface area contributed by atoms with Gasteiger partial charge in [0.2, 0.25) is 17.6 Å². The predicted molar refractivity (Wildman–Crippen MR) is 100 cm³/mol. The molecule has 26 heavy (non-hydrogen) atoms. The molecule has 0 bridgehead atoms. The molecule has 7 heteroatoms. The van der Waals surface area contributed by atoms with E-state index >= 15 is 0 Å². The van der Waals surface area contributed by atoms with Gasteiger partial charge in [0.25, 0.3) is 0 Å². The van der Waals surface area contributed by atoms with Crippen LogP contribution in [0.1, 0.15) is 17.0 Å². The molecule has 0 aliphatic carbocycles. The van der Waals surface area contributed by atoms with Crippen molar-refractivity contribution in [2.75, 3.05) is 11.1 Å². The summed E-state index contributed by atoms with van der Waals surface area (Å²) in [6.07, 6.45) is 0. The van der Waals surface area contributed by atoms with Gasteiger partial charge in [0.15, 0.2) is 0 Å². The molecule has 0 fully saturated rings. The second-order valence-corrected chi connectivity index (χ2v) is 6.81. The first-order valence-corrected chi connectivity index (χ1v) is 9.21. The van der Waals surface area contributed by atoms with Crippen molar-refractivity contribution in [3.05, 3.63) is 65.3 Å². The van der Waals surface area contributed by atoms with Gasteiger partial charge in [0.05, 0.1) is 11.5 Å². The molecule has 0 spiro atoms. The Morgan fingerprint density at radius 1 is 1.15 bits per heavy atom. The van der Waals surface area contributed by atoms with Gasteiger partial charge >= 0.3 is 0 Å². The van der Waals surface area contributed by atoms with Crippen LogP contribution in [0.3, 0.4) is 0 Å². The van der Waals surface area contributed by atoms with Crippen LogP contribution in [0.15, 0.2) is 47.0 Å². The molecule has 0 saturated carbocycles. The summed E-state index contributed by atoms with van der Waals surface area (Å²) in [5.74, 6) is 1.14. The molecule has 0 aliphatic heterocycles. The lowest BCUT2D eigenvalue weighted by atomic mass is 10.1. The highest BCUT2D eigenvalue weighted by molar-refractivity contribution is 7.99. The van der Waals surface area contributed by atoms with Crippen LogP contribution in [0.2, 0.25) is 0 Å². The maximum absolute atomic E-state index is 13.0. The Morgan fingerprint density at radius 2 is 1.85 bits per heavy atom. The summed E-state index contributed by atoms with van der Waals surface area (Å²) in [7, 11) is 0. The third-order valence-corrected chi connectivity index (χ3v) is 4.69. The van der Waals surface area contributed by atoms with E-state index in [4.69, 9.17) is 4.52 Å². The number of carbonyl (C=O) groups excluding carboxylic acids is 1. The summed E-state index contributed by atoms with van der Waals surface area (Å²) in [5.41, 5.74) is 3.60. The number of hydrogen-bond donors (Lipinski definition) is 1. The van der Waals surface area contributed by atoms with E-state index < -0.39 is 0 Å². The molecule has 0 unspecified atom stereocenters. The Labute approximate surface area is 155 Å². The quantitative estimate of drug-likeness (QED) is 0.697. The van der Waals surface area contributed by atoms with E-state index in [1.807, 2.05) is 32.0 Å². The van der Waals surface area contributed by atoms with Gasteiger partial charge in [-0.15, -0.1) is 11.8 Å². The van der Waals surface area contributed by atoms with Crippen LogP contribution in [-0.4, -0.2) is 21.8 Å². The minimum absolute atomic E-state index is 0.0781. The van der Waals surface area contributed by atoms with Crippen LogP contribution in [0.5, 0.6) is 0 Å². The van der Waals surface area contributed by atoms with Crippen LogP contribution in [0.4, 0.5) is 10.1 Å². The fourth-order valence-electron chi connectivity index (χ4n) is 2.45. The van der Waals surface area contributed by atoms with Gasteiger partial charge in [-0.1, -0.05) is 23.4 Å². The largest absolute Gasteiger partial charge is 0.338 e. The first kappa shape index (κ1) is 18.1. The van der Waals surface area contributed by atoms with Crippen LogP contribution < -0.4 is 5.32 Å². The summed E-state index contributed by atoms with van der Waals surface area (Å²) in [4.78, 5) is 16.4. The van der Waals surface area contributed by atoms with Crippen LogP contribution in [-0.2, 0) is 10.5 Å². The van der Waals surface area contributed by atoms with Gasteiger partial charge in [-0.05, 0) is 49.2 Å². The highest BCUT2D eigenvalue weighted by Gasteiger charge is 2.11. The molecule has 0 saturated heterocycles. The summed E-state index contributed by atoms with van der Waals surface area (Å²) in [5, 5.41) is 6.82. The molecular weight excluding hydrogens is 353 g/mol. The van der Waals surface area contributed by atoms with E-state index in [0.29, 0.717) is 23.0 Å². The minimum Gasteiger partial charge on any atom is -0.338 e. The van der Waals surface area contributed by atoms with Crippen LogP contribution in [0, 0.1) is 19.7 Å². The molecule has 1 amide bonds. The molecule has 5 nitrogen and oxygen atoms in total. The van der Waals surface area contributed by atoms with Crippen molar-refractivity contribution < 1.29 is 13.7 Å². The molecule has 0 aliphatic rings. The summed E-state index contributed by atoms with van der Waals surface area (Å²) < 4.78 is 18.1. The average Bonchev–Trinajstić information content (AvgIpc) is 3.08. The van der Waals surface area contributed by atoms with E-state index in [1.54, 1.807) is 12.1 Å². The average molecular weight is 371 g/mol. The number of thioether (sulfide) groups is 1. The smallest absolute Gasteiger partial charge is 0.236 e. The topological polar surface area (TPSA) is 68.0 Å². The zero-order valence-electron chi connectivity index (χ0n) is 14.5. The van der Waals surface area contributed by atoms with E-state index in [-0.39, 0.29) is 17.5 Å². The lowest BCUT2D eigenvalue weighted by Crippen LogP contribution is -2.15. The lowest BCUT2D eigenvalue weighted by molar-refractivity contribution is -0.113. The Hall–Kier alpha value is -2.67. The number of para-hydroxylation sites is 1.